The van der Waals surface area contributed by atoms with Crippen LogP contribution < -0.4 is 4.74 Å². The molecule has 1 aromatic carbocycles. The quantitative estimate of drug-likeness (QED) is 0.691. The molecule has 20 heavy (non-hydrogen) atoms. The molecule has 0 fully saturated rings. The zero-order valence-corrected chi connectivity index (χ0v) is 11.9. The Morgan fingerprint density at radius 2 is 2.20 bits per heavy atom. The first-order valence-electron chi connectivity index (χ1n) is 6.09. The minimum atomic E-state index is 0.310. The van der Waals surface area contributed by atoms with Crippen LogP contribution in [0.4, 0.5) is 0 Å². The summed E-state index contributed by atoms with van der Waals surface area (Å²) in [6, 6.07) is 5.71. The van der Waals surface area contributed by atoms with Crippen LogP contribution in [0.2, 0.25) is 0 Å². The van der Waals surface area contributed by atoms with Crippen molar-refractivity contribution in [3.8, 4) is 5.75 Å². The molecule has 0 spiro atoms. The molecule has 104 valence electrons. The molecule has 0 unspecified atom stereocenters. The Labute approximate surface area is 120 Å². The van der Waals surface area contributed by atoms with Crippen LogP contribution in [0, 0.1) is 6.92 Å². The van der Waals surface area contributed by atoms with Crippen molar-refractivity contribution < 1.29 is 9.26 Å². The molecule has 0 atom stereocenters. The summed E-state index contributed by atoms with van der Waals surface area (Å²) in [5, 5.41) is 3.79. The van der Waals surface area contributed by atoms with E-state index in [-0.39, 0.29) is 0 Å². The summed E-state index contributed by atoms with van der Waals surface area (Å²) in [5.41, 5.74) is 1.79. The minimum Gasteiger partial charge on any atom is -0.497 e. The van der Waals surface area contributed by atoms with Gasteiger partial charge in [0.25, 0.3) is 0 Å². The number of fused-ring (bicyclic) bond motifs is 1. The normalized spacial score (nSPS) is 11.2. The van der Waals surface area contributed by atoms with E-state index < -0.39 is 0 Å². The molecule has 0 bridgehead atoms. The maximum absolute atomic E-state index is 5.97. The Kier molecular flexibility index (Phi) is 3.31. The molecule has 2 aromatic heterocycles. The third-order valence-electron chi connectivity index (χ3n) is 3.02. The van der Waals surface area contributed by atoms with E-state index in [9.17, 15) is 0 Å². The Morgan fingerprint density at radius 1 is 1.35 bits per heavy atom. The fourth-order valence-corrected chi connectivity index (χ4v) is 2.31. The maximum Gasteiger partial charge on any atom is 0.246 e. The standard InChI is InChI=1S/C13H13ClN4O2/c1-8-15-13(20-17-8)7-18-11-4-3-9(19-2)5-10(11)16-12(18)6-14/h3-5H,6-7H2,1-2H3. The first-order chi connectivity index (χ1) is 9.71. The van der Waals surface area contributed by atoms with Crippen LogP contribution in [0.5, 0.6) is 5.75 Å². The van der Waals surface area contributed by atoms with Gasteiger partial charge in [0, 0.05) is 6.07 Å². The van der Waals surface area contributed by atoms with E-state index in [2.05, 4.69) is 15.1 Å². The Balaban J connectivity index is 2.08. The van der Waals surface area contributed by atoms with E-state index >= 15 is 0 Å². The molecule has 0 aliphatic rings. The zero-order valence-electron chi connectivity index (χ0n) is 11.1. The summed E-state index contributed by atoms with van der Waals surface area (Å²) in [6.07, 6.45) is 0. The lowest BCUT2D eigenvalue weighted by Crippen LogP contribution is -2.04. The van der Waals surface area contributed by atoms with Gasteiger partial charge < -0.3 is 13.8 Å². The number of methoxy groups -OCH3 is 1. The molecule has 0 saturated heterocycles. The van der Waals surface area contributed by atoms with Crippen molar-refractivity contribution in [2.75, 3.05) is 7.11 Å². The SMILES string of the molecule is COc1ccc2c(c1)nc(CCl)n2Cc1nc(C)no1. The largest absolute Gasteiger partial charge is 0.497 e. The highest BCUT2D eigenvalue weighted by Gasteiger charge is 2.13. The third-order valence-corrected chi connectivity index (χ3v) is 3.26. The number of imidazole rings is 1. The number of ether oxygens (including phenoxy) is 1. The molecule has 0 amide bonds. The molecule has 7 heteroatoms. The second kappa shape index (κ2) is 5.13. The van der Waals surface area contributed by atoms with E-state index in [0.717, 1.165) is 22.6 Å². The average Bonchev–Trinajstić information content (AvgIpc) is 3.02. The van der Waals surface area contributed by atoms with Crippen LogP contribution >= 0.6 is 11.6 Å². The lowest BCUT2D eigenvalue weighted by atomic mass is 10.3. The topological polar surface area (TPSA) is 66.0 Å². The monoisotopic (exact) mass is 292 g/mol. The number of hydrogen-bond donors (Lipinski definition) is 0. The minimum absolute atomic E-state index is 0.310. The second-order valence-corrected chi connectivity index (χ2v) is 4.61. The summed E-state index contributed by atoms with van der Waals surface area (Å²) in [6.45, 7) is 2.23. The predicted octanol–water partition coefficient (Wildman–Crippen LogP) is 2.52. The van der Waals surface area contributed by atoms with Crippen molar-refractivity contribution in [2.24, 2.45) is 0 Å². The van der Waals surface area contributed by atoms with Gasteiger partial charge in [-0.15, -0.1) is 11.6 Å². The highest BCUT2D eigenvalue weighted by Crippen LogP contribution is 2.23. The predicted molar refractivity (Wildman–Crippen MR) is 74.0 cm³/mol. The lowest BCUT2D eigenvalue weighted by molar-refractivity contribution is 0.368. The van der Waals surface area contributed by atoms with Crippen molar-refractivity contribution in [1.29, 1.82) is 0 Å². The number of rotatable bonds is 4. The maximum atomic E-state index is 5.97. The fraction of sp³-hybridized carbons (Fsp3) is 0.308. The van der Waals surface area contributed by atoms with Gasteiger partial charge in [0.1, 0.15) is 18.1 Å². The number of aryl methyl sites for hydroxylation is 1. The Hall–Kier alpha value is -2.08. The van der Waals surface area contributed by atoms with E-state index in [1.165, 1.54) is 0 Å². The van der Waals surface area contributed by atoms with Gasteiger partial charge in [-0.3, -0.25) is 0 Å². The molecule has 0 saturated carbocycles. The number of benzene rings is 1. The van der Waals surface area contributed by atoms with Gasteiger partial charge in [0.05, 0.1) is 24.0 Å². The van der Waals surface area contributed by atoms with Crippen LogP contribution in [0.25, 0.3) is 11.0 Å². The fourth-order valence-electron chi connectivity index (χ4n) is 2.10. The molecular formula is C13H13ClN4O2. The van der Waals surface area contributed by atoms with E-state index in [1.807, 2.05) is 22.8 Å². The van der Waals surface area contributed by atoms with Gasteiger partial charge in [0.2, 0.25) is 5.89 Å². The molecule has 2 heterocycles. The summed E-state index contributed by atoms with van der Waals surface area (Å²) >= 11 is 5.97. The average molecular weight is 293 g/mol. The van der Waals surface area contributed by atoms with Gasteiger partial charge in [-0.05, 0) is 19.1 Å². The van der Waals surface area contributed by atoms with Gasteiger partial charge >= 0.3 is 0 Å². The van der Waals surface area contributed by atoms with Gasteiger partial charge in [-0.2, -0.15) is 4.98 Å². The first-order valence-corrected chi connectivity index (χ1v) is 6.63. The molecule has 0 aliphatic carbocycles. The number of aromatic nitrogens is 4. The van der Waals surface area contributed by atoms with Gasteiger partial charge in [-0.25, -0.2) is 4.98 Å². The van der Waals surface area contributed by atoms with Crippen molar-refractivity contribution >= 4 is 22.6 Å². The van der Waals surface area contributed by atoms with Crippen molar-refractivity contribution in [3.63, 3.8) is 0 Å². The summed E-state index contributed by atoms with van der Waals surface area (Å²) in [7, 11) is 1.63. The Morgan fingerprint density at radius 3 is 2.85 bits per heavy atom. The highest BCUT2D eigenvalue weighted by molar-refractivity contribution is 6.16. The highest BCUT2D eigenvalue weighted by atomic mass is 35.5. The van der Waals surface area contributed by atoms with Crippen molar-refractivity contribution in [3.05, 3.63) is 35.7 Å². The Bertz CT molecular complexity index is 750. The molecule has 3 aromatic rings. The summed E-state index contributed by atoms with van der Waals surface area (Å²) in [4.78, 5) is 8.71. The molecule has 6 nitrogen and oxygen atoms in total. The molecule has 0 aliphatic heterocycles. The van der Waals surface area contributed by atoms with E-state index in [4.69, 9.17) is 20.9 Å². The van der Waals surface area contributed by atoms with Crippen LogP contribution in [-0.2, 0) is 12.4 Å². The number of halogens is 1. The number of alkyl halides is 1. The van der Waals surface area contributed by atoms with E-state index in [1.54, 1.807) is 14.0 Å². The van der Waals surface area contributed by atoms with Gasteiger partial charge in [0.15, 0.2) is 5.82 Å². The second-order valence-electron chi connectivity index (χ2n) is 4.34. The molecule has 3 rings (SSSR count). The first kappa shape index (κ1) is 12.9. The van der Waals surface area contributed by atoms with Crippen molar-refractivity contribution in [1.82, 2.24) is 19.7 Å². The summed E-state index contributed by atoms with van der Waals surface area (Å²) in [5.74, 6) is 2.97. The number of hydrogen-bond acceptors (Lipinski definition) is 5. The van der Waals surface area contributed by atoms with Crippen LogP contribution in [0.1, 0.15) is 17.5 Å². The molecule has 0 radical (unpaired) electrons. The lowest BCUT2D eigenvalue weighted by Gasteiger charge is -2.04. The van der Waals surface area contributed by atoms with Crippen molar-refractivity contribution in [2.45, 2.75) is 19.3 Å². The zero-order chi connectivity index (χ0) is 14.1. The van der Waals surface area contributed by atoms with Crippen LogP contribution in [0.3, 0.4) is 0 Å². The molecular weight excluding hydrogens is 280 g/mol. The van der Waals surface area contributed by atoms with Gasteiger partial charge in [-0.1, -0.05) is 5.16 Å². The third kappa shape index (κ3) is 2.22. The van der Waals surface area contributed by atoms with E-state index in [0.29, 0.717) is 24.1 Å². The van der Waals surface area contributed by atoms with Crippen LogP contribution in [0.15, 0.2) is 22.7 Å². The number of nitrogens with zero attached hydrogens (tertiary/aromatic N) is 4. The smallest absolute Gasteiger partial charge is 0.246 e. The van der Waals surface area contributed by atoms with Crippen LogP contribution in [-0.4, -0.2) is 26.8 Å². The summed E-state index contributed by atoms with van der Waals surface area (Å²) < 4.78 is 12.3. The molecule has 0 N–H and O–H groups in total.